The highest BCUT2D eigenvalue weighted by molar-refractivity contribution is 6.21. The Morgan fingerprint density at radius 1 is 0.255 bits per heavy atom. The number of rotatable bonds is 4. The lowest BCUT2D eigenvalue weighted by atomic mass is 10.1. The van der Waals surface area contributed by atoms with Crippen LogP contribution in [0.1, 0.15) is 0 Å². The summed E-state index contributed by atoms with van der Waals surface area (Å²) in [6, 6.07) is 68.4. The van der Waals surface area contributed by atoms with E-state index in [4.69, 9.17) is 0 Å². The predicted octanol–water partition coefficient (Wildman–Crippen LogP) is 12.6. The van der Waals surface area contributed by atoms with Crippen LogP contribution in [-0.2, 0) is 0 Å². The summed E-state index contributed by atoms with van der Waals surface area (Å²) in [4.78, 5) is 0. The molecule has 0 bridgehead atoms. The molecule has 3 heteroatoms. The second kappa shape index (κ2) is 10.8. The van der Waals surface area contributed by atoms with Crippen LogP contribution in [-0.4, -0.2) is 13.7 Å². The Balaban J connectivity index is 1.22. The average Bonchev–Trinajstić information content (AvgIpc) is 3.83. The fraction of sp³-hybridized carbons (Fsp3) is 0. The summed E-state index contributed by atoms with van der Waals surface area (Å²) in [5.74, 6) is 0. The quantitative estimate of drug-likeness (QED) is 0.180. The number of para-hydroxylation sites is 4. The molecule has 0 atom stereocenters. The van der Waals surface area contributed by atoms with Crippen molar-refractivity contribution in [2.75, 3.05) is 0 Å². The van der Waals surface area contributed by atoms with Crippen LogP contribution in [0.3, 0.4) is 0 Å². The second-order valence-corrected chi connectivity index (χ2v) is 13.4. The summed E-state index contributed by atoms with van der Waals surface area (Å²) in [7, 11) is 0. The van der Waals surface area contributed by atoms with Crippen molar-refractivity contribution in [3.63, 3.8) is 0 Å². The third-order valence-corrected chi connectivity index (χ3v) is 10.6. The van der Waals surface area contributed by atoms with E-state index in [1.807, 2.05) is 0 Å². The van der Waals surface area contributed by atoms with Crippen molar-refractivity contribution >= 4 is 65.4 Å². The Kier molecular flexibility index (Phi) is 5.96. The molecule has 3 nitrogen and oxygen atoms in total. The van der Waals surface area contributed by atoms with Gasteiger partial charge in [-0.3, -0.25) is 0 Å². The molecule has 238 valence electrons. The monoisotopic (exact) mass is 649 g/mol. The van der Waals surface area contributed by atoms with Crippen LogP contribution in [0.5, 0.6) is 0 Å². The van der Waals surface area contributed by atoms with Crippen molar-refractivity contribution in [2.24, 2.45) is 0 Å². The van der Waals surface area contributed by atoms with Gasteiger partial charge in [-0.25, -0.2) is 0 Å². The fourth-order valence-electron chi connectivity index (χ4n) is 8.44. The summed E-state index contributed by atoms with van der Waals surface area (Å²) in [5.41, 5.74) is 13.2. The number of nitrogens with zero attached hydrogens (tertiary/aromatic N) is 3. The topological polar surface area (TPSA) is 14.8 Å². The zero-order valence-corrected chi connectivity index (χ0v) is 27.7. The van der Waals surface area contributed by atoms with E-state index in [0.717, 1.165) is 11.4 Å². The normalized spacial score (nSPS) is 11.9. The zero-order valence-electron chi connectivity index (χ0n) is 27.7. The molecular formula is C48H31N3. The summed E-state index contributed by atoms with van der Waals surface area (Å²) >= 11 is 0. The van der Waals surface area contributed by atoms with Crippen molar-refractivity contribution in [3.05, 3.63) is 188 Å². The first kappa shape index (κ1) is 28.0. The van der Waals surface area contributed by atoms with Gasteiger partial charge in [0.2, 0.25) is 0 Å². The van der Waals surface area contributed by atoms with Gasteiger partial charge in [-0.05, 0) is 77.9 Å². The van der Waals surface area contributed by atoms with Crippen LogP contribution in [0.15, 0.2) is 188 Å². The maximum atomic E-state index is 2.50. The first-order chi connectivity index (χ1) is 25.3. The minimum Gasteiger partial charge on any atom is -0.309 e. The second-order valence-electron chi connectivity index (χ2n) is 13.4. The van der Waals surface area contributed by atoms with Crippen LogP contribution in [0.25, 0.3) is 93.6 Å². The smallest absolute Gasteiger partial charge is 0.0562 e. The number of benzene rings is 8. The molecule has 8 aromatic carbocycles. The van der Waals surface area contributed by atoms with Gasteiger partial charge in [0.15, 0.2) is 0 Å². The van der Waals surface area contributed by atoms with Crippen molar-refractivity contribution in [1.82, 2.24) is 13.7 Å². The Morgan fingerprint density at radius 2 is 0.706 bits per heavy atom. The van der Waals surface area contributed by atoms with Crippen LogP contribution < -0.4 is 0 Å². The van der Waals surface area contributed by atoms with Gasteiger partial charge in [-0.2, -0.15) is 0 Å². The third-order valence-electron chi connectivity index (χ3n) is 10.6. The van der Waals surface area contributed by atoms with Gasteiger partial charge in [-0.1, -0.05) is 121 Å². The van der Waals surface area contributed by atoms with E-state index in [0.29, 0.717) is 0 Å². The SMILES string of the molecule is c1ccc(-c2ccc(-n3c4ccccc4c4cc5c(cc43)c3ccccc3n5-c3cccc4c3c3ccccc3n4-c3ccccc3)cc2)cc1. The van der Waals surface area contributed by atoms with Gasteiger partial charge in [-0.15, -0.1) is 0 Å². The highest BCUT2D eigenvalue weighted by atomic mass is 15.0. The average molecular weight is 650 g/mol. The number of hydrogen-bond acceptors (Lipinski definition) is 0. The van der Waals surface area contributed by atoms with E-state index >= 15 is 0 Å². The van der Waals surface area contributed by atoms with Crippen LogP contribution in [0.4, 0.5) is 0 Å². The lowest BCUT2D eigenvalue weighted by Crippen LogP contribution is -1.96. The Hall–Kier alpha value is -6.84. The summed E-state index contributed by atoms with van der Waals surface area (Å²) in [5, 5.41) is 7.47. The number of hydrogen-bond donors (Lipinski definition) is 0. The molecule has 0 radical (unpaired) electrons. The van der Waals surface area contributed by atoms with Crippen molar-refractivity contribution < 1.29 is 0 Å². The Bertz CT molecular complexity index is 3110. The lowest BCUT2D eigenvalue weighted by molar-refractivity contribution is 1.17. The van der Waals surface area contributed by atoms with Crippen molar-refractivity contribution in [2.45, 2.75) is 0 Å². The van der Waals surface area contributed by atoms with Crippen molar-refractivity contribution in [1.29, 1.82) is 0 Å². The number of aromatic nitrogens is 3. The molecular weight excluding hydrogens is 619 g/mol. The van der Waals surface area contributed by atoms with Gasteiger partial charge in [0.25, 0.3) is 0 Å². The highest BCUT2D eigenvalue weighted by Crippen LogP contribution is 2.42. The predicted molar refractivity (Wildman–Crippen MR) is 215 cm³/mol. The maximum Gasteiger partial charge on any atom is 0.0562 e. The molecule has 51 heavy (non-hydrogen) atoms. The Morgan fingerprint density at radius 3 is 1.37 bits per heavy atom. The molecule has 0 saturated carbocycles. The van der Waals surface area contributed by atoms with Crippen LogP contribution in [0.2, 0.25) is 0 Å². The minimum atomic E-state index is 1.16. The molecule has 0 aliphatic heterocycles. The van der Waals surface area contributed by atoms with Gasteiger partial charge in [0.1, 0.15) is 0 Å². The lowest BCUT2D eigenvalue weighted by Gasteiger charge is -2.12. The minimum absolute atomic E-state index is 1.16. The summed E-state index contributed by atoms with van der Waals surface area (Å²) in [6.45, 7) is 0. The summed E-state index contributed by atoms with van der Waals surface area (Å²) in [6.07, 6.45) is 0. The molecule has 0 amide bonds. The molecule has 3 aromatic heterocycles. The molecule has 0 aliphatic carbocycles. The van der Waals surface area contributed by atoms with Gasteiger partial charge in [0.05, 0.1) is 38.8 Å². The Labute approximate surface area is 294 Å². The fourth-order valence-corrected chi connectivity index (χ4v) is 8.44. The van der Waals surface area contributed by atoms with E-state index in [9.17, 15) is 0 Å². The van der Waals surface area contributed by atoms with E-state index < -0.39 is 0 Å². The highest BCUT2D eigenvalue weighted by Gasteiger charge is 2.21. The first-order valence-corrected chi connectivity index (χ1v) is 17.5. The molecule has 0 saturated heterocycles. The molecule has 0 unspecified atom stereocenters. The van der Waals surface area contributed by atoms with E-state index in [1.54, 1.807) is 0 Å². The molecule has 11 aromatic rings. The summed E-state index contributed by atoms with van der Waals surface area (Å²) < 4.78 is 7.32. The molecule has 11 rings (SSSR count). The maximum absolute atomic E-state index is 2.50. The molecule has 3 heterocycles. The molecule has 0 N–H and O–H groups in total. The van der Waals surface area contributed by atoms with Crippen molar-refractivity contribution in [3.8, 4) is 28.2 Å². The van der Waals surface area contributed by atoms with Crippen LogP contribution in [0, 0.1) is 0 Å². The van der Waals surface area contributed by atoms with Gasteiger partial charge in [0, 0.05) is 43.7 Å². The van der Waals surface area contributed by atoms with Gasteiger partial charge < -0.3 is 13.7 Å². The van der Waals surface area contributed by atoms with E-state index in [-0.39, 0.29) is 0 Å². The molecule has 0 fully saturated rings. The van der Waals surface area contributed by atoms with E-state index in [1.165, 1.54) is 82.2 Å². The largest absolute Gasteiger partial charge is 0.309 e. The van der Waals surface area contributed by atoms with Crippen LogP contribution >= 0.6 is 0 Å². The molecule has 0 aliphatic rings. The molecule has 0 spiro atoms. The zero-order chi connectivity index (χ0) is 33.5. The van der Waals surface area contributed by atoms with E-state index in [2.05, 4.69) is 202 Å². The third kappa shape index (κ3) is 4.06. The van der Waals surface area contributed by atoms with Gasteiger partial charge >= 0.3 is 0 Å². The standard InChI is InChI=1S/C48H31N3/c1-3-14-32(15-4-1)33-26-28-35(29-27-33)50-41-21-10-7-18-36(41)39-31-47-40(30-46(39)50)37-19-8-11-22-42(37)51(47)45-25-13-24-44-48(45)38-20-9-12-23-43(38)49(44)34-16-5-2-6-17-34/h1-31H. The first-order valence-electron chi connectivity index (χ1n) is 17.5. The number of fused-ring (bicyclic) bond motifs is 9.